The number of hydrogen-bond donors (Lipinski definition) is 1. The van der Waals surface area contributed by atoms with Crippen LogP contribution in [0.15, 0.2) is 0 Å². The van der Waals surface area contributed by atoms with Gasteiger partial charge >= 0.3 is 5.97 Å². The fourth-order valence-electron chi connectivity index (χ4n) is 3.72. The average Bonchev–Trinajstić information content (AvgIpc) is 2.39. The van der Waals surface area contributed by atoms with E-state index in [0.717, 1.165) is 51.9 Å². The van der Waals surface area contributed by atoms with Crippen LogP contribution in [0.2, 0.25) is 0 Å². The number of carboxylic acid groups (broad SMARTS) is 1. The average molecular weight is 270 g/mol. The molecule has 2 aliphatic rings. The van der Waals surface area contributed by atoms with E-state index < -0.39 is 5.97 Å². The lowest BCUT2D eigenvalue weighted by Crippen LogP contribution is -2.64. The smallest absolute Gasteiger partial charge is 0.305 e. The second-order valence-corrected chi connectivity index (χ2v) is 5.93. The van der Waals surface area contributed by atoms with Crippen molar-refractivity contribution in [3.63, 3.8) is 0 Å². The Hall–Kier alpha value is -0.650. The van der Waals surface area contributed by atoms with Crippen LogP contribution in [0.4, 0.5) is 0 Å². The molecule has 0 aromatic heterocycles. The molecule has 5 nitrogen and oxygen atoms in total. The summed E-state index contributed by atoms with van der Waals surface area (Å²) in [6.45, 7) is 3.92. The molecule has 1 saturated carbocycles. The van der Waals surface area contributed by atoms with Crippen molar-refractivity contribution >= 4 is 5.97 Å². The Bertz CT molecular complexity index is 316. The molecule has 2 unspecified atom stereocenters. The first-order chi connectivity index (χ1) is 9.08. The molecule has 2 rings (SSSR count). The zero-order valence-electron chi connectivity index (χ0n) is 12.1. The Morgan fingerprint density at radius 2 is 2.00 bits per heavy atom. The second kappa shape index (κ2) is 6.20. The molecular weight excluding hydrogens is 244 g/mol. The molecule has 0 aromatic carbocycles. The number of ether oxygens (including phenoxy) is 1. The van der Waals surface area contributed by atoms with Gasteiger partial charge in [-0.1, -0.05) is 12.8 Å². The highest BCUT2D eigenvalue weighted by Crippen LogP contribution is 2.38. The maximum atomic E-state index is 11.3. The molecule has 0 bridgehead atoms. The van der Waals surface area contributed by atoms with E-state index in [-0.39, 0.29) is 18.1 Å². The predicted molar refractivity (Wildman–Crippen MR) is 73.3 cm³/mol. The van der Waals surface area contributed by atoms with Crippen molar-refractivity contribution in [2.45, 2.75) is 43.7 Å². The molecule has 1 aliphatic carbocycles. The summed E-state index contributed by atoms with van der Waals surface area (Å²) in [6, 6.07) is 0. The molecule has 2 fully saturated rings. The van der Waals surface area contributed by atoms with Gasteiger partial charge < -0.3 is 14.7 Å². The minimum absolute atomic E-state index is 0.0563. The number of aliphatic carboxylic acids is 1. The standard InChI is InChI=1S/C14H26N2O3/c1-15-7-9-16(10-8-15)14(11-13(17)18)6-4-3-5-12(14)19-2/h12H,3-11H2,1-2H3,(H,17,18). The molecule has 0 aromatic rings. The van der Waals surface area contributed by atoms with Crippen LogP contribution in [0.3, 0.4) is 0 Å². The lowest BCUT2D eigenvalue weighted by Gasteiger charge is -2.52. The van der Waals surface area contributed by atoms with Gasteiger partial charge in [0.25, 0.3) is 0 Å². The number of likely N-dealkylation sites (N-methyl/N-ethyl adjacent to an activating group) is 1. The van der Waals surface area contributed by atoms with Gasteiger partial charge in [0.1, 0.15) is 0 Å². The molecule has 2 atom stereocenters. The minimum atomic E-state index is -0.706. The van der Waals surface area contributed by atoms with E-state index in [0.29, 0.717) is 0 Å². The van der Waals surface area contributed by atoms with Crippen LogP contribution in [-0.4, -0.2) is 72.9 Å². The summed E-state index contributed by atoms with van der Waals surface area (Å²) >= 11 is 0. The second-order valence-electron chi connectivity index (χ2n) is 5.93. The summed E-state index contributed by atoms with van der Waals surface area (Å²) in [7, 11) is 3.85. The number of hydrogen-bond acceptors (Lipinski definition) is 4. The van der Waals surface area contributed by atoms with Gasteiger partial charge in [-0.05, 0) is 19.9 Å². The van der Waals surface area contributed by atoms with Gasteiger partial charge in [-0.2, -0.15) is 0 Å². The van der Waals surface area contributed by atoms with Gasteiger partial charge in [-0.3, -0.25) is 9.69 Å². The Kier molecular flexibility index (Phi) is 4.81. The maximum absolute atomic E-state index is 11.3. The number of carboxylic acids is 1. The van der Waals surface area contributed by atoms with E-state index in [1.54, 1.807) is 7.11 Å². The van der Waals surface area contributed by atoms with Crippen LogP contribution in [0.5, 0.6) is 0 Å². The van der Waals surface area contributed by atoms with Crippen LogP contribution in [0, 0.1) is 0 Å². The van der Waals surface area contributed by atoms with Crippen LogP contribution >= 0.6 is 0 Å². The molecule has 0 radical (unpaired) electrons. The minimum Gasteiger partial charge on any atom is -0.481 e. The van der Waals surface area contributed by atoms with Gasteiger partial charge in [-0.15, -0.1) is 0 Å². The van der Waals surface area contributed by atoms with Crippen molar-refractivity contribution in [3.05, 3.63) is 0 Å². The third-order valence-corrected chi connectivity index (χ3v) is 4.80. The normalized spacial score (nSPS) is 34.3. The lowest BCUT2D eigenvalue weighted by atomic mass is 9.75. The summed E-state index contributed by atoms with van der Waals surface area (Å²) in [6.07, 6.45) is 4.45. The van der Waals surface area contributed by atoms with Crippen LogP contribution < -0.4 is 0 Å². The molecule has 1 heterocycles. The highest BCUT2D eigenvalue weighted by Gasteiger charge is 2.47. The van der Waals surface area contributed by atoms with E-state index in [2.05, 4.69) is 16.8 Å². The van der Waals surface area contributed by atoms with Gasteiger partial charge in [0.2, 0.25) is 0 Å². The first-order valence-corrected chi connectivity index (χ1v) is 7.26. The zero-order chi connectivity index (χ0) is 13.9. The summed E-state index contributed by atoms with van der Waals surface area (Å²) in [5.74, 6) is -0.706. The molecule has 1 N–H and O–H groups in total. The molecular formula is C14H26N2O3. The summed E-state index contributed by atoms with van der Waals surface area (Å²) < 4.78 is 5.67. The zero-order valence-corrected chi connectivity index (χ0v) is 12.1. The largest absolute Gasteiger partial charge is 0.481 e. The first kappa shape index (κ1) is 14.8. The lowest BCUT2D eigenvalue weighted by molar-refractivity contribution is -0.149. The van der Waals surface area contributed by atoms with Gasteiger partial charge in [-0.25, -0.2) is 0 Å². The van der Waals surface area contributed by atoms with E-state index in [1.807, 2.05) is 0 Å². The quantitative estimate of drug-likeness (QED) is 0.827. The molecule has 19 heavy (non-hydrogen) atoms. The van der Waals surface area contributed by atoms with Crippen LogP contribution in [0.1, 0.15) is 32.1 Å². The monoisotopic (exact) mass is 270 g/mol. The van der Waals surface area contributed by atoms with E-state index in [9.17, 15) is 9.90 Å². The van der Waals surface area contributed by atoms with E-state index in [4.69, 9.17) is 4.74 Å². The van der Waals surface area contributed by atoms with E-state index in [1.165, 1.54) is 0 Å². The molecule has 110 valence electrons. The first-order valence-electron chi connectivity index (χ1n) is 7.26. The van der Waals surface area contributed by atoms with Crippen molar-refractivity contribution in [2.75, 3.05) is 40.3 Å². The highest BCUT2D eigenvalue weighted by molar-refractivity contribution is 5.68. The third kappa shape index (κ3) is 3.09. The van der Waals surface area contributed by atoms with Crippen LogP contribution in [0.25, 0.3) is 0 Å². The summed E-state index contributed by atoms with van der Waals surface area (Å²) in [5, 5.41) is 9.33. The van der Waals surface area contributed by atoms with Gasteiger partial charge in [0.15, 0.2) is 0 Å². The fraction of sp³-hybridized carbons (Fsp3) is 0.929. The van der Waals surface area contributed by atoms with Crippen molar-refractivity contribution in [3.8, 4) is 0 Å². The fourth-order valence-corrected chi connectivity index (χ4v) is 3.72. The SMILES string of the molecule is COC1CCCCC1(CC(=O)O)N1CCN(C)CC1. The van der Waals surface area contributed by atoms with E-state index >= 15 is 0 Å². The third-order valence-electron chi connectivity index (χ3n) is 4.80. The Morgan fingerprint density at radius 1 is 1.32 bits per heavy atom. The Balaban J connectivity index is 2.19. The summed E-state index contributed by atoms with van der Waals surface area (Å²) in [5.41, 5.74) is -0.292. The highest BCUT2D eigenvalue weighted by atomic mass is 16.5. The van der Waals surface area contributed by atoms with Crippen molar-refractivity contribution in [1.29, 1.82) is 0 Å². The number of methoxy groups -OCH3 is 1. The Labute approximate surface area is 115 Å². The molecule has 5 heteroatoms. The van der Waals surface area contributed by atoms with Gasteiger partial charge in [0.05, 0.1) is 18.1 Å². The number of carbonyl (C=O) groups is 1. The van der Waals surface area contributed by atoms with Gasteiger partial charge in [0, 0.05) is 33.3 Å². The predicted octanol–water partition coefficient (Wildman–Crippen LogP) is 1.04. The molecule has 0 spiro atoms. The topological polar surface area (TPSA) is 53.0 Å². The molecule has 0 amide bonds. The summed E-state index contributed by atoms with van der Waals surface area (Å²) in [4.78, 5) is 16.0. The number of nitrogens with zero attached hydrogens (tertiary/aromatic N) is 2. The number of rotatable bonds is 4. The molecule has 1 aliphatic heterocycles. The van der Waals surface area contributed by atoms with Crippen molar-refractivity contribution in [1.82, 2.24) is 9.80 Å². The molecule has 1 saturated heterocycles. The van der Waals surface area contributed by atoms with Crippen LogP contribution in [-0.2, 0) is 9.53 Å². The number of piperazine rings is 1. The van der Waals surface area contributed by atoms with Crippen molar-refractivity contribution in [2.24, 2.45) is 0 Å². The van der Waals surface area contributed by atoms with Crippen molar-refractivity contribution < 1.29 is 14.6 Å². The maximum Gasteiger partial charge on any atom is 0.305 e. The Morgan fingerprint density at radius 3 is 2.58 bits per heavy atom.